The van der Waals surface area contributed by atoms with Crippen LogP contribution in [0.4, 0.5) is 4.79 Å². The molecule has 3 N–H and O–H groups in total. The second-order valence-corrected chi connectivity index (χ2v) is 5.54. The Hall–Kier alpha value is -2.08. The van der Waals surface area contributed by atoms with Crippen molar-refractivity contribution in [3.63, 3.8) is 0 Å². The fourth-order valence-electron chi connectivity index (χ4n) is 2.63. The molecule has 1 aromatic rings. The quantitative estimate of drug-likeness (QED) is 0.777. The Balaban J connectivity index is 1.72. The van der Waals surface area contributed by atoms with Gasteiger partial charge in [-0.2, -0.15) is 0 Å². The molecule has 0 saturated heterocycles. The molecule has 0 bridgehead atoms. The number of amides is 2. The minimum atomic E-state index is -0.955. The molecule has 1 aliphatic rings. The van der Waals surface area contributed by atoms with Gasteiger partial charge in [0, 0.05) is 19.7 Å². The monoisotopic (exact) mass is 306 g/mol. The summed E-state index contributed by atoms with van der Waals surface area (Å²) in [6, 6.07) is 6.47. The number of hydrogen-bond acceptors (Lipinski definition) is 3. The van der Waals surface area contributed by atoms with Gasteiger partial charge in [-0.1, -0.05) is 12.1 Å². The van der Waals surface area contributed by atoms with Crippen LogP contribution >= 0.6 is 0 Å². The molecule has 1 saturated carbocycles. The Labute approximate surface area is 129 Å². The predicted molar refractivity (Wildman–Crippen MR) is 81.8 cm³/mol. The van der Waals surface area contributed by atoms with Crippen molar-refractivity contribution in [2.45, 2.75) is 44.4 Å². The number of hydrogen-bond donors (Lipinski definition) is 3. The summed E-state index contributed by atoms with van der Waals surface area (Å²) < 4.78 is 5.31. The number of nitrogens with one attached hydrogen (secondary N) is 2. The third-order valence-electron chi connectivity index (χ3n) is 4.00. The van der Waals surface area contributed by atoms with E-state index in [2.05, 4.69) is 10.6 Å². The molecule has 0 heterocycles. The van der Waals surface area contributed by atoms with Gasteiger partial charge in [0.1, 0.15) is 0 Å². The fraction of sp³-hybridized carbons (Fsp3) is 0.500. The van der Waals surface area contributed by atoms with E-state index in [0.717, 1.165) is 31.2 Å². The largest absolute Gasteiger partial charge is 0.478 e. The number of aromatic carboxylic acids is 1. The number of carboxylic acid groups (broad SMARTS) is 1. The van der Waals surface area contributed by atoms with E-state index in [1.165, 1.54) is 12.1 Å². The Morgan fingerprint density at radius 2 is 1.82 bits per heavy atom. The van der Waals surface area contributed by atoms with Gasteiger partial charge >= 0.3 is 12.0 Å². The molecule has 0 unspecified atom stereocenters. The summed E-state index contributed by atoms with van der Waals surface area (Å²) in [4.78, 5) is 22.6. The van der Waals surface area contributed by atoms with Gasteiger partial charge < -0.3 is 20.5 Å². The molecule has 1 aliphatic carbocycles. The van der Waals surface area contributed by atoms with Crippen molar-refractivity contribution in [1.29, 1.82) is 0 Å². The van der Waals surface area contributed by atoms with Crippen LogP contribution in [0.1, 0.15) is 41.6 Å². The lowest BCUT2D eigenvalue weighted by Crippen LogP contribution is -2.44. The maximum absolute atomic E-state index is 11.9. The topological polar surface area (TPSA) is 87.7 Å². The smallest absolute Gasteiger partial charge is 0.335 e. The number of carbonyl (C=O) groups is 2. The summed E-state index contributed by atoms with van der Waals surface area (Å²) in [5.41, 5.74) is 1.10. The average molecular weight is 306 g/mol. The lowest BCUT2D eigenvalue weighted by Gasteiger charge is -2.28. The Morgan fingerprint density at radius 3 is 2.36 bits per heavy atom. The van der Waals surface area contributed by atoms with Crippen molar-refractivity contribution < 1.29 is 19.4 Å². The van der Waals surface area contributed by atoms with Crippen LogP contribution < -0.4 is 10.6 Å². The van der Waals surface area contributed by atoms with Gasteiger partial charge in [0.15, 0.2) is 0 Å². The van der Waals surface area contributed by atoms with E-state index in [1.807, 2.05) is 0 Å². The van der Waals surface area contributed by atoms with E-state index < -0.39 is 5.97 Å². The SMILES string of the molecule is COC1CCC(NC(=O)NCc2ccc(C(=O)O)cc2)CC1. The second-order valence-electron chi connectivity index (χ2n) is 5.54. The standard InChI is InChI=1S/C16H22N2O4/c1-22-14-8-6-13(7-9-14)18-16(21)17-10-11-2-4-12(5-3-11)15(19)20/h2-5,13-14H,6-10H2,1H3,(H,19,20)(H2,17,18,21). The van der Waals surface area contributed by atoms with Gasteiger partial charge in [-0.3, -0.25) is 0 Å². The van der Waals surface area contributed by atoms with Gasteiger partial charge in [-0.25, -0.2) is 9.59 Å². The van der Waals surface area contributed by atoms with E-state index >= 15 is 0 Å². The molecule has 2 rings (SSSR count). The van der Waals surface area contributed by atoms with Gasteiger partial charge in [-0.15, -0.1) is 0 Å². The Morgan fingerprint density at radius 1 is 1.18 bits per heavy atom. The molecular formula is C16H22N2O4. The van der Waals surface area contributed by atoms with Crippen LogP contribution in [-0.2, 0) is 11.3 Å². The highest BCUT2D eigenvalue weighted by atomic mass is 16.5. The molecule has 0 spiro atoms. The zero-order valence-corrected chi connectivity index (χ0v) is 12.7. The van der Waals surface area contributed by atoms with E-state index in [4.69, 9.17) is 9.84 Å². The number of carboxylic acids is 1. The second kappa shape index (κ2) is 7.79. The van der Waals surface area contributed by atoms with Crippen molar-refractivity contribution in [2.75, 3.05) is 7.11 Å². The minimum Gasteiger partial charge on any atom is -0.478 e. The van der Waals surface area contributed by atoms with E-state index in [0.29, 0.717) is 12.6 Å². The summed E-state index contributed by atoms with van der Waals surface area (Å²) in [7, 11) is 1.72. The molecule has 120 valence electrons. The molecular weight excluding hydrogens is 284 g/mol. The molecule has 1 aromatic carbocycles. The molecule has 6 nitrogen and oxygen atoms in total. The van der Waals surface area contributed by atoms with Crippen LogP contribution in [0.25, 0.3) is 0 Å². The van der Waals surface area contributed by atoms with E-state index in [1.54, 1.807) is 19.2 Å². The molecule has 22 heavy (non-hydrogen) atoms. The predicted octanol–water partition coefficient (Wildman–Crippen LogP) is 2.14. The molecule has 0 atom stereocenters. The Kier molecular flexibility index (Phi) is 5.77. The van der Waals surface area contributed by atoms with Gasteiger partial charge in [-0.05, 0) is 43.4 Å². The van der Waals surface area contributed by atoms with Crippen molar-refractivity contribution in [3.05, 3.63) is 35.4 Å². The van der Waals surface area contributed by atoms with Crippen molar-refractivity contribution in [3.8, 4) is 0 Å². The van der Waals surface area contributed by atoms with Crippen LogP contribution in [0.2, 0.25) is 0 Å². The molecule has 2 amide bonds. The average Bonchev–Trinajstić information content (AvgIpc) is 2.54. The first-order valence-corrected chi connectivity index (χ1v) is 7.48. The maximum Gasteiger partial charge on any atom is 0.335 e. The van der Waals surface area contributed by atoms with E-state index in [9.17, 15) is 9.59 Å². The first kappa shape index (κ1) is 16.3. The zero-order chi connectivity index (χ0) is 15.9. The number of methoxy groups -OCH3 is 1. The first-order chi connectivity index (χ1) is 10.6. The lowest BCUT2D eigenvalue weighted by molar-refractivity contribution is 0.0635. The van der Waals surface area contributed by atoms with Crippen molar-refractivity contribution >= 4 is 12.0 Å². The summed E-state index contributed by atoms with van der Waals surface area (Å²) in [5.74, 6) is -0.955. The summed E-state index contributed by atoms with van der Waals surface area (Å²) in [6.45, 7) is 0.374. The third-order valence-corrected chi connectivity index (χ3v) is 4.00. The third kappa shape index (κ3) is 4.73. The van der Waals surface area contributed by atoms with Crippen LogP contribution in [0.3, 0.4) is 0 Å². The number of ether oxygens (including phenoxy) is 1. The maximum atomic E-state index is 11.9. The summed E-state index contributed by atoms with van der Waals surface area (Å²) >= 11 is 0. The number of urea groups is 1. The Bertz CT molecular complexity index is 507. The molecule has 0 aliphatic heterocycles. The van der Waals surface area contributed by atoms with Gasteiger partial charge in [0.25, 0.3) is 0 Å². The van der Waals surface area contributed by atoms with Crippen molar-refractivity contribution in [1.82, 2.24) is 10.6 Å². The molecule has 0 aromatic heterocycles. The zero-order valence-electron chi connectivity index (χ0n) is 12.7. The number of carbonyl (C=O) groups excluding carboxylic acids is 1. The van der Waals surface area contributed by atoms with Crippen LogP contribution in [0.5, 0.6) is 0 Å². The lowest BCUT2D eigenvalue weighted by atomic mass is 9.93. The minimum absolute atomic E-state index is 0.192. The first-order valence-electron chi connectivity index (χ1n) is 7.48. The molecule has 0 radical (unpaired) electrons. The number of rotatable bonds is 5. The van der Waals surface area contributed by atoms with Gasteiger partial charge in [0.2, 0.25) is 0 Å². The summed E-state index contributed by atoms with van der Waals surface area (Å²) in [6.07, 6.45) is 4.11. The van der Waals surface area contributed by atoms with Crippen LogP contribution in [-0.4, -0.2) is 36.4 Å². The highest BCUT2D eigenvalue weighted by Gasteiger charge is 2.21. The normalized spacial score (nSPS) is 21.1. The highest BCUT2D eigenvalue weighted by Crippen LogP contribution is 2.20. The number of benzene rings is 1. The van der Waals surface area contributed by atoms with Crippen LogP contribution in [0.15, 0.2) is 24.3 Å². The molecule has 1 fully saturated rings. The molecule has 6 heteroatoms. The fourth-order valence-corrected chi connectivity index (χ4v) is 2.63. The highest BCUT2D eigenvalue weighted by molar-refractivity contribution is 5.87. The van der Waals surface area contributed by atoms with Crippen LogP contribution in [0, 0.1) is 0 Å². The van der Waals surface area contributed by atoms with Crippen molar-refractivity contribution in [2.24, 2.45) is 0 Å². The van der Waals surface area contributed by atoms with Gasteiger partial charge in [0.05, 0.1) is 11.7 Å². The van der Waals surface area contributed by atoms with E-state index in [-0.39, 0.29) is 17.6 Å². The summed E-state index contributed by atoms with van der Waals surface area (Å²) in [5, 5.41) is 14.6.